The van der Waals surface area contributed by atoms with Crippen LogP contribution < -0.4 is 0 Å². The van der Waals surface area contributed by atoms with E-state index in [4.69, 9.17) is 20.9 Å². The summed E-state index contributed by atoms with van der Waals surface area (Å²) in [6, 6.07) is 14.5. The van der Waals surface area contributed by atoms with E-state index in [2.05, 4.69) is 15.2 Å². The molecule has 0 aliphatic rings. The van der Waals surface area contributed by atoms with Crippen LogP contribution in [0, 0.1) is 0 Å². The van der Waals surface area contributed by atoms with Crippen molar-refractivity contribution in [3.63, 3.8) is 0 Å². The highest BCUT2D eigenvalue weighted by molar-refractivity contribution is 7.90. The maximum Gasteiger partial charge on any atom is 0.358 e. The molecule has 0 saturated heterocycles. The number of para-hydroxylation sites is 1. The fraction of sp³-hybridized carbons (Fsp3) is 0.100. The number of ether oxygens (including phenoxy) is 1. The molecule has 0 N–H and O–H groups in total. The van der Waals surface area contributed by atoms with Crippen LogP contribution >= 0.6 is 11.6 Å². The zero-order valence-electron chi connectivity index (χ0n) is 16.3. The van der Waals surface area contributed by atoms with Crippen LogP contribution in [0.15, 0.2) is 64.0 Å². The first-order chi connectivity index (χ1) is 14.8. The fourth-order valence-corrected chi connectivity index (χ4v) is 3.74. The third-order valence-electron chi connectivity index (χ3n) is 4.35. The molecule has 4 rings (SSSR count). The van der Waals surface area contributed by atoms with Gasteiger partial charge in [0.25, 0.3) is 5.89 Å². The molecule has 0 saturated carbocycles. The van der Waals surface area contributed by atoms with Crippen LogP contribution in [0.25, 0.3) is 28.7 Å². The second-order valence-corrected chi connectivity index (χ2v) is 8.92. The summed E-state index contributed by atoms with van der Waals surface area (Å²) in [4.78, 5) is 16.5. The lowest BCUT2D eigenvalue weighted by Crippen LogP contribution is -2.05. The van der Waals surface area contributed by atoms with E-state index in [1.54, 1.807) is 36.4 Å². The Morgan fingerprint density at radius 1 is 1.13 bits per heavy atom. The summed E-state index contributed by atoms with van der Waals surface area (Å²) in [5.41, 5.74) is 1.28. The zero-order chi connectivity index (χ0) is 22.2. The number of hydrogen-bond donors (Lipinski definition) is 0. The average Bonchev–Trinajstić information content (AvgIpc) is 3.40. The van der Waals surface area contributed by atoms with E-state index < -0.39 is 15.8 Å². The summed E-state index contributed by atoms with van der Waals surface area (Å²) in [5, 5.41) is 8.61. The topological polar surface area (TPSA) is 117 Å². The first-order valence-corrected chi connectivity index (χ1v) is 11.1. The van der Waals surface area contributed by atoms with E-state index in [1.807, 2.05) is 0 Å². The highest BCUT2D eigenvalue weighted by Crippen LogP contribution is 2.29. The second-order valence-electron chi connectivity index (χ2n) is 6.49. The molecule has 158 valence electrons. The van der Waals surface area contributed by atoms with E-state index in [1.165, 1.54) is 30.0 Å². The first-order valence-electron chi connectivity index (χ1n) is 8.86. The minimum absolute atomic E-state index is 0.0243. The Kier molecular flexibility index (Phi) is 5.34. The number of rotatable bonds is 5. The van der Waals surface area contributed by atoms with E-state index in [-0.39, 0.29) is 22.3 Å². The van der Waals surface area contributed by atoms with Gasteiger partial charge in [-0.05, 0) is 24.3 Å². The smallest absolute Gasteiger partial charge is 0.358 e. The van der Waals surface area contributed by atoms with Gasteiger partial charge in [-0.2, -0.15) is 10.1 Å². The Labute approximate surface area is 182 Å². The largest absolute Gasteiger partial charge is 0.464 e. The number of aromatic nitrogens is 4. The van der Waals surface area contributed by atoms with E-state index in [9.17, 15) is 13.2 Å². The summed E-state index contributed by atoms with van der Waals surface area (Å²) in [6.45, 7) is 0. The van der Waals surface area contributed by atoms with Gasteiger partial charge in [0, 0.05) is 17.9 Å². The minimum Gasteiger partial charge on any atom is -0.464 e. The molecule has 9 nitrogen and oxygen atoms in total. The number of carbonyl (C=O) groups excluding carboxylic acids is 1. The standard InChI is InChI=1S/C20H15ClN4O5S/c1-29-20(26)15-11-17(25(23-15)16-9-4-3-8-14(16)21)19-22-18(24-30-19)12-6-5-7-13(10-12)31(2,27)28/h3-11H,1-2H3. The van der Waals surface area contributed by atoms with Crippen molar-refractivity contribution in [1.82, 2.24) is 19.9 Å². The lowest BCUT2D eigenvalue weighted by molar-refractivity contribution is 0.0593. The molecule has 2 aromatic carbocycles. The highest BCUT2D eigenvalue weighted by atomic mass is 35.5. The van der Waals surface area contributed by atoms with Crippen molar-refractivity contribution in [2.24, 2.45) is 0 Å². The number of sulfone groups is 1. The number of benzene rings is 2. The van der Waals surface area contributed by atoms with Gasteiger partial charge in [-0.15, -0.1) is 0 Å². The Morgan fingerprint density at radius 3 is 2.61 bits per heavy atom. The van der Waals surface area contributed by atoms with Crippen LogP contribution in [0.4, 0.5) is 0 Å². The molecule has 31 heavy (non-hydrogen) atoms. The molecule has 11 heteroatoms. The first kappa shape index (κ1) is 20.8. The fourth-order valence-electron chi connectivity index (χ4n) is 2.86. The third kappa shape index (κ3) is 4.07. The van der Waals surface area contributed by atoms with Crippen molar-refractivity contribution in [3.8, 4) is 28.7 Å². The van der Waals surface area contributed by atoms with Gasteiger partial charge in [-0.3, -0.25) is 0 Å². The van der Waals surface area contributed by atoms with Gasteiger partial charge in [0.2, 0.25) is 5.82 Å². The summed E-state index contributed by atoms with van der Waals surface area (Å²) < 4.78 is 35.2. The van der Waals surface area contributed by atoms with Gasteiger partial charge < -0.3 is 9.26 Å². The molecule has 0 amide bonds. The SMILES string of the molecule is COC(=O)c1cc(-c2nc(-c3cccc(S(C)(=O)=O)c3)no2)n(-c2ccccc2Cl)n1. The Morgan fingerprint density at radius 2 is 1.90 bits per heavy atom. The van der Waals surface area contributed by atoms with Gasteiger partial charge >= 0.3 is 5.97 Å². The van der Waals surface area contributed by atoms with Crippen LogP contribution in [0.2, 0.25) is 5.02 Å². The van der Waals surface area contributed by atoms with Crippen LogP contribution in [-0.4, -0.2) is 47.7 Å². The highest BCUT2D eigenvalue weighted by Gasteiger charge is 2.23. The maximum atomic E-state index is 12.0. The molecule has 0 aliphatic carbocycles. The van der Waals surface area contributed by atoms with Gasteiger partial charge in [0.1, 0.15) is 5.69 Å². The molecule has 0 aliphatic heterocycles. The number of carbonyl (C=O) groups is 1. The van der Waals surface area contributed by atoms with E-state index in [0.29, 0.717) is 22.0 Å². The lowest BCUT2D eigenvalue weighted by atomic mass is 10.2. The number of methoxy groups -OCH3 is 1. The molecular formula is C20H15ClN4O5S. The van der Waals surface area contributed by atoms with Crippen molar-refractivity contribution in [1.29, 1.82) is 0 Å². The minimum atomic E-state index is -3.40. The maximum absolute atomic E-state index is 12.0. The zero-order valence-corrected chi connectivity index (χ0v) is 17.9. The lowest BCUT2D eigenvalue weighted by Gasteiger charge is -2.06. The molecule has 0 radical (unpaired) electrons. The van der Waals surface area contributed by atoms with E-state index in [0.717, 1.165) is 6.26 Å². The number of esters is 1. The van der Waals surface area contributed by atoms with Crippen molar-refractivity contribution in [3.05, 3.63) is 65.3 Å². The van der Waals surface area contributed by atoms with Gasteiger partial charge in [-0.25, -0.2) is 17.9 Å². The molecule has 0 bridgehead atoms. The average molecular weight is 459 g/mol. The summed E-state index contributed by atoms with van der Waals surface area (Å²) >= 11 is 6.30. The Bertz CT molecular complexity index is 1390. The van der Waals surface area contributed by atoms with Crippen LogP contribution in [0.1, 0.15) is 10.5 Å². The molecular weight excluding hydrogens is 444 g/mol. The summed E-state index contributed by atoms with van der Waals surface area (Å²) in [7, 11) is -2.16. The molecule has 0 fully saturated rings. The van der Waals surface area contributed by atoms with Crippen molar-refractivity contribution < 1.29 is 22.5 Å². The van der Waals surface area contributed by atoms with Crippen molar-refractivity contribution in [2.45, 2.75) is 4.90 Å². The monoisotopic (exact) mass is 458 g/mol. The Balaban J connectivity index is 1.83. The van der Waals surface area contributed by atoms with Crippen molar-refractivity contribution in [2.75, 3.05) is 13.4 Å². The molecule has 4 aromatic rings. The van der Waals surface area contributed by atoms with Crippen molar-refractivity contribution >= 4 is 27.4 Å². The van der Waals surface area contributed by atoms with Crippen LogP contribution in [0.5, 0.6) is 0 Å². The number of hydrogen-bond acceptors (Lipinski definition) is 8. The molecule has 2 aromatic heterocycles. The number of halogens is 1. The van der Waals surface area contributed by atoms with Gasteiger partial charge in [0.15, 0.2) is 15.5 Å². The number of nitrogens with zero attached hydrogens (tertiary/aromatic N) is 4. The predicted molar refractivity (Wildman–Crippen MR) is 112 cm³/mol. The third-order valence-corrected chi connectivity index (χ3v) is 5.78. The Hall–Kier alpha value is -3.50. The van der Waals surface area contributed by atoms with Gasteiger partial charge in [0.05, 0.1) is 22.7 Å². The predicted octanol–water partition coefficient (Wildman–Crippen LogP) is 3.43. The molecule has 0 spiro atoms. The van der Waals surface area contributed by atoms with E-state index >= 15 is 0 Å². The summed E-state index contributed by atoms with van der Waals surface area (Å²) in [6.07, 6.45) is 1.12. The second kappa shape index (κ2) is 7.97. The normalized spacial score (nSPS) is 11.5. The molecule has 0 atom stereocenters. The summed E-state index contributed by atoms with van der Waals surface area (Å²) in [5.74, 6) is -0.415. The van der Waals surface area contributed by atoms with Crippen LogP contribution in [0.3, 0.4) is 0 Å². The molecule has 0 unspecified atom stereocenters. The van der Waals surface area contributed by atoms with Crippen LogP contribution in [-0.2, 0) is 14.6 Å². The van der Waals surface area contributed by atoms with Gasteiger partial charge in [-0.1, -0.05) is 41.0 Å². The molecule has 2 heterocycles. The quantitative estimate of drug-likeness (QED) is 0.417.